The van der Waals surface area contributed by atoms with Crippen LogP contribution in [-0.4, -0.2) is 30.3 Å². The molecule has 1 aromatic rings. The normalized spacial score (nSPS) is 25.2. The summed E-state index contributed by atoms with van der Waals surface area (Å²) in [7, 11) is 0. The Morgan fingerprint density at radius 1 is 1.11 bits per heavy atom. The quantitative estimate of drug-likeness (QED) is 0.580. The molecule has 0 bridgehead atoms. The fourth-order valence-electron chi connectivity index (χ4n) is 2.97. The second-order valence-electron chi connectivity index (χ2n) is 5.72. The van der Waals surface area contributed by atoms with Crippen molar-refractivity contribution in [2.24, 2.45) is 11.8 Å². The van der Waals surface area contributed by atoms with E-state index in [-0.39, 0.29) is 0 Å². The summed E-state index contributed by atoms with van der Waals surface area (Å²) in [4.78, 5) is 4.06. The number of piperidine rings is 1. The largest absolute Gasteiger partial charge is 0.303 e. The molecule has 1 saturated heterocycles. The van der Waals surface area contributed by atoms with Gasteiger partial charge in [0.05, 0.1) is 0 Å². The highest BCUT2D eigenvalue weighted by Gasteiger charge is 2.20. The average molecular weight is 263 g/mol. The van der Waals surface area contributed by atoms with Crippen molar-refractivity contribution in [3.63, 3.8) is 0 Å². The maximum atomic E-state index is 2.66. The van der Waals surface area contributed by atoms with Gasteiger partial charge in [-0.05, 0) is 49.1 Å². The Kier molecular flexibility index (Phi) is 5.58. The maximum Gasteiger partial charge on any atom is 0.00719 e. The molecule has 0 N–H and O–H groups in total. The molecule has 1 heterocycles. The van der Waals surface area contributed by atoms with Crippen molar-refractivity contribution < 1.29 is 0 Å². The molecule has 0 unspecified atom stereocenters. The Bertz CT molecular complexity index is 328. The fraction of sp³-hybridized carbons (Fsp3) is 0.625. The number of nitrogens with zero attached hydrogens (tertiary/aromatic N) is 1. The molecule has 0 aliphatic carbocycles. The Hall–Kier alpha value is -0.470. The van der Waals surface area contributed by atoms with E-state index in [1.807, 2.05) is 11.8 Å². The average Bonchev–Trinajstić information content (AvgIpc) is 2.35. The van der Waals surface area contributed by atoms with Crippen LogP contribution in [0.5, 0.6) is 0 Å². The summed E-state index contributed by atoms with van der Waals surface area (Å²) in [6, 6.07) is 10.7. The molecule has 2 heteroatoms. The number of thioether (sulfide) groups is 1. The van der Waals surface area contributed by atoms with Gasteiger partial charge in [0.1, 0.15) is 0 Å². The zero-order valence-corrected chi connectivity index (χ0v) is 12.5. The van der Waals surface area contributed by atoms with Crippen molar-refractivity contribution in [1.29, 1.82) is 0 Å². The van der Waals surface area contributed by atoms with Gasteiger partial charge in [-0.25, -0.2) is 0 Å². The van der Waals surface area contributed by atoms with Gasteiger partial charge in [-0.15, -0.1) is 11.8 Å². The first-order chi connectivity index (χ1) is 8.74. The highest BCUT2D eigenvalue weighted by atomic mass is 32.2. The molecule has 2 atom stereocenters. The van der Waals surface area contributed by atoms with Gasteiger partial charge in [-0.2, -0.15) is 0 Å². The van der Waals surface area contributed by atoms with Gasteiger partial charge in [0.25, 0.3) is 0 Å². The second-order valence-corrected chi connectivity index (χ2v) is 6.89. The minimum atomic E-state index is 0.885. The lowest BCUT2D eigenvalue weighted by Crippen LogP contribution is -2.39. The Balaban J connectivity index is 1.63. The van der Waals surface area contributed by atoms with Gasteiger partial charge >= 0.3 is 0 Å². The Morgan fingerprint density at radius 3 is 2.44 bits per heavy atom. The number of hydrogen-bond donors (Lipinski definition) is 0. The molecule has 0 spiro atoms. The van der Waals surface area contributed by atoms with E-state index in [0.717, 1.165) is 11.8 Å². The SMILES string of the molecule is C[C@H]1C[C@H](C)CN(CCCSc2ccccc2)C1. The van der Waals surface area contributed by atoms with Crippen LogP contribution in [0.3, 0.4) is 0 Å². The topological polar surface area (TPSA) is 3.24 Å². The maximum absolute atomic E-state index is 2.66. The van der Waals surface area contributed by atoms with Crippen LogP contribution in [0.4, 0.5) is 0 Å². The summed E-state index contributed by atoms with van der Waals surface area (Å²) in [5.74, 6) is 3.01. The van der Waals surface area contributed by atoms with Gasteiger partial charge in [0.2, 0.25) is 0 Å². The number of rotatable bonds is 5. The van der Waals surface area contributed by atoms with E-state index in [1.54, 1.807) is 0 Å². The molecule has 100 valence electrons. The van der Waals surface area contributed by atoms with Crippen LogP contribution < -0.4 is 0 Å². The van der Waals surface area contributed by atoms with Crippen LogP contribution in [0.25, 0.3) is 0 Å². The first-order valence-electron chi connectivity index (χ1n) is 7.14. The van der Waals surface area contributed by atoms with Gasteiger partial charge in [0.15, 0.2) is 0 Å². The van der Waals surface area contributed by atoms with Crippen LogP contribution in [-0.2, 0) is 0 Å². The van der Waals surface area contributed by atoms with E-state index in [1.165, 1.54) is 43.1 Å². The molecule has 0 aromatic heterocycles. The van der Waals surface area contributed by atoms with Crippen LogP contribution in [0.15, 0.2) is 35.2 Å². The third kappa shape index (κ3) is 4.66. The summed E-state index contributed by atoms with van der Waals surface area (Å²) in [6.07, 6.45) is 2.72. The summed E-state index contributed by atoms with van der Waals surface area (Å²) in [5, 5.41) is 0. The standard InChI is InChI=1S/C16H25NS/c1-14-11-15(2)13-17(12-14)9-6-10-18-16-7-4-3-5-8-16/h3-5,7-8,14-15H,6,9-13H2,1-2H3/t14-,15-/m0/s1. The molecule has 1 aromatic carbocycles. The molecular formula is C16H25NS. The minimum Gasteiger partial charge on any atom is -0.303 e. The van der Waals surface area contributed by atoms with Crippen molar-refractivity contribution in [3.8, 4) is 0 Å². The highest BCUT2D eigenvalue weighted by Crippen LogP contribution is 2.22. The summed E-state index contributed by atoms with van der Waals surface area (Å²) < 4.78 is 0. The van der Waals surface area contributed by atoms with Gasteiger partial charge in [0, 0.05) is 18.0 Å². The van der Waals surface area contributed by atoms with Crippen molar-refractivity contribution in [2.75, 3.05) is 25.4 Å². The third-order valence-corrected chi connectivity index (χ3v) is 4.67. The summed E-state index contributed by atoms with van der Waals surface area (Å²) in [5.41, 5.74) is 0. The van der Waals surface area contributed by atoms with Crippen molar-refractivity contribution in [1.82, 2.24) is 4.90 Å². The second kappa shape index (κ2) is 7.20. The zero-order valence-electron chi connectivity index (χ0n) is 11.6. The Morgan fingerprint density at radius 2 is 1.78 bits per heavy atom. The molecular weight excluding hydrogens is 238 g/mol. The van der Waals surface area contributed by atoms with Gasteiger partial charge in [-0.1, -0.05) is 32.0 Å². The molecule has 1 nitrogen and oxygen atoms in total. The molecule has 18 heavy (non-hydrogen) atoms. The first-order valence-corrected chi connectivity index (χ1v) is 8.13. The zero-order chi connectivity index (χ0) is 12.8. The van der Waals surface area contributed by atoms with Crippen LogP contribution >= 0.6 is 11.8 Å². The van der Waals surface area contributed by atoms with Crippen LogP contribution in [0.2, 0.25) is 0 Å². The van der Waals surface area contributed by atoms with Gasteiger partial charge in [-0.3, -0.25) is 0 Å². The molecule has 1 aliphatic heterocycles. The van der Waals surface area contributed by atoms with E-state index >= 15 is 0 Å². The minimum absolute atomic E-state index is 0.885. The molecule has 0 amide bonds. The van der Waals surface area contributed by atoms with Crippen molar-refractivity contribution in [2.45, 2.75) is 31.6 Å². The predicted octanol–water partition coefficient (Wildman–Crippen LogP) is 4.15. The number of hydrogen-bond acceptors (Lipinski definition) is 2. The molecule has 1 aliphatic rings. The fourth-order valence-corrected chi connectivity index (χ4v) is 3.83. The monoisotopic (exact) mass is 263 g/mol. The van der Waals surface area contributed by atoms with E-state index in [4.69, 9.17) is 0 Å². The Labute approximate surface area is 116 Å². The van der Waals surface area contributed by atoms with Crippen LogP contribution in [0.1, 0.15) is 26.7 Å². The molecule has 1 fully saturated rings. The van der Waals surface area contributed by atoms with Crippen molar-refractivity contribution >= 4 is 11.8 Å². The van der Waals surface area contributed by atoms with Crippen molar-refractivity contribution in [3.05, 3.63) is 30.3 Å². The lowest BCUT2D eigenvalue weighted by Gasteiger charge is -2.34. The molecule has 0 radical (unpaired) electrons. The first kappa shape index (κ1) is 14.0. The van der Waals surface area contributed by atoms with Crippen LogP contribution in [0, 0.1) is 11.8 Å². The summed E-state index contributed by atoms with van der Waals surface area (Å²) >= 11 is 1.98. The molecule has 2 rings (SSSR count). The van der Waals surface area contributed by atoms with E-state index in [2.05, 4.69) is 49.1 Å². The molecule has 0 saturated carbocycles. The highest BCUT2D eigenvalue weighted by molar-refractivity contribution is 7.99. The lowest BCUT2D eigenvalue weighted by molar-refractivity contribution is 0.141. The van der Waals surface area contributed by atoms with E-state index in [0.29, 0.717) is 0 Å². The number of likely N-dealkylation sites (tertiary alicyclic amines) is 1. The van der Waals surface area contributed by atoms with Gasteiger partial charge < -0.3 is 4.90 Å². The summed E-state index contributed by atoms with van der Waals surface area (Å²) in [6.45, 7) is 8.66. The van der Waals surface area contributed by atoms with E-state index in [9.17, 15) is 0 Å². The van der Waals surface area contributed by atoms with E-state index < -0.39 is 0 Å². The third-order valence-electron chi connectivity index (χ3n) is 3.58. The number of benzene rings is 1. The smallest absolute Gasteiger partial charge is 0.00719 e. The lowest BCUT2D eigenvalue weighted by atomic mass is 9.92. The predicted molar refractivity (Wildman–Crippen MR) is 81.2 cm³/mol.